The number of hydrogen-bond acceptors (Lipinski definition) is 4. The Bertz CT molecular complexity index is 441. The van der Waals surface area contributed by atoms with Gasteiger partial charge >= 0.3 is 0 Å². The largest absolute Gasteiger partial charge is 0.399 e. The lowest BCUT2D eigenvalue weighted by Crippen LogP contribution is -2.05. The van der Waals surface area contributed by atoms with Crippen molar-refractivity contribution >= 4 is 27.3 Å². The van der Waals surface area contributed by atoms with E-state index in [9.17, 15) is 8.42 Å². The Labute approximate surface area is 95.0 Å². The van der Waals surface area contributed by atoms with Crippen LogP contribution in [0.2, 0.25) is 0 Å². The standard InChI is InChI=1S/C10H15NO2S2/c1-8-7-9(11)3-4-10(8)14-5-6-15(2,12)13/h3-4,7H,5-6,11H2,1-2H3. The second-order valence-corrected chi connectivity index (χ2v) is 6.90. The number of hydrogen-bond donors (Lipinski definition) is 1. The topological polar surface area (TPSA) is 60.2 Å². The van der Waals surface area contributed by atoms with Crippen molar-refractivity contribution < 1.29 is 8.42 Å². The summed E-state index contributed by atoms with van der Waals surface area (Å²) in [6, 6.07) is 5.65. The Morgan fingerprint density at radius 2 is 2.07 bits per heavy atom. The van der Waals surface area contributed by atoms with Gasteiger partial charge in [0.05, 0.1) is 5.75 Å². The van der Waals surface area contributed by atoms with E-state index in [0.717, 1.165) is 16.1 Å². The van der Waals surface area contributed by atoms with E-state index in [0.29, 0.717) is 5.75 Å². The van der Waals surface area contributed by atoms with Crippen LogP contribution in [0.5, 0.6) is 0 Å². The number of thioether (sulfide) groups is 1. The van der Waals surface area contributed by atoms with Crippen LogP contribution in [0.4, 0.5) is 5.69 Å². The number of benzene rings is 1. The highest BCUT2D eigenvalue weighted by Gasteiger charge is 2.04. The maximum absolute atomic E-state index is 10.9. The number of sulfone groups is 1. The van der Waals surface area contributed by atoms with Gasteiger partial charge in [-0.15, -0.1) is 11.8 Å². The molecule has 1 aromatic rings. The Kier molecular flexibility index (Phi) is 4.04. The lowest BCUT2D eigenvalue weighted by atomic mass is 10.2. The molecule has 0 radical (unpaired) electrons. The summed E-state index contributed by atoms with van der Waals surface area (Å²) in [5.74, 6) is 0.797. The fraction of sp³-hybridized carbons (Fsp3) is 0.400. The first kappa shape index (κ1) is 12.4. The molecule has 0 aliphatic rings. The fourth-order valence-electron chi connectivity index (χ4n) is 1.14. The van der Waals surface area contributed by atoms with E-state index in [-0.39, 0.29) is 5.75 Å². The Hall–Kier alpha value is -0.680. The lowest BCUT2D eigenvalue weighted by Gasteiger charge is -2.05. The third-order valence-electron chi connectivity index (χ3n) is 1.91. The molecule has 84 valence electrons. The first-order chi connectivity index (χ1) is 6.88. The van der Waals surface area contributed by atoms with Gasteiger partial charge in [0.15, 0.2) is 0 Å². The van der Waals surface area contributed by atoms with Gasteiger partial charge in [-0.1, -0.05) is 0 Å². The zero-order valence-electron chi connectivity index (χ0n) is 8.86. The van der Waals surface area contributed by atoms with Crippen LogP contribution in [0.15, 0.2) is 23.1 Å². The molecular formula is C10H15NO2S2. The molecule has 0 aliphatic carbocycles. The van der Waals surface area contributed by atoms with Gasteiger partial charge in [-0.2, -0.15) is 0 Å². The predicted molar refractivity (Wildman–Crippen MR) is 66.0 cm³/mol. The molecule has 1 aromatic carbocycles. The molecule has 5 heteroatoms. The zero-order valence-corrected chi connectivity index (χ0v) is 10.5. The van der Waals surface area contributed by atoms with Crippen LogP contribution in [-0.4, -0.2) is 26.2 Å². The predicted octanol–water partition coefficient (Wildman–Crippen LogP) is 1.71. The lowest BCUT2D eigenvalue weighted by molar-refractivity contribution is 0.603. The van der Waals surface area contributed by atoms with Crippen molar-refractivity contribution in [2.24, 2.45) is 0 Å². The van der Waals surface area contributed by atoms with Crippen LogP contribution in [0.1, 0.15) is 5.56 Å². The molecule has 0 amide bonds. The van der Waals surface area contributed by atoms with E-state index < -0.39 is 9.84 Å². The molecular weight excluding hydrogens is 230 g/mol. The number of anilines is 1. The normalized spacial score (nSPS) is 11.6. The molecule has 2 N–H and O–H groups in total. The summed E-state index contributed by atoms with van der Waals surface area (Å²) < 4.78 is 21.9. The van der Waals surface area contributed by atoms with Crippen molar-refractivity contribution in [2.45, 2.75) is 11.8 Å². The summed E-state index contributed by atoms with van der Waals surface area (Å²) in [4.78, 5) is 1.09. The molecule has 1 rings (SSSR count). The van der Waals surface area contributed by atoms with Crippen molar-refractivity contribution in [3.8, 4) is 0 Å². The van der Waals surface area contributed by atoms with E-state index in [1.54, 1.807) is 11.8 Å². The van der Waals surface area contributed by atoms with Gasteiger partial charge in [-0.05, 0) is 30.7 Å². The third-order valence-corrected chi connectivity index (χ3v) is 4.29. The smallest absolute Gasteiger partial charge is 0.148 e. The third kappa shape index (κ3) is 4.57. The van der Waals surface area contributed by atoms with E-state index in [2.05, 4.69) is 0 Å². The average molecular weight is 245 g/mol. The molecule has 0 heterocycles. The van der Waals surface area contributed by atoms with Gasteiger partial charge in [-0.25, -0.2) is 8.42 Å². The number of aryl methyl sites for hydroxylation is 1. The molecule has 0 aliphatic heterocycles. The van der Waals surface area contributed by atoms with Crippen LogP contribution in [-0.2, 0) is 9.84 Å². The Morgan fingerprint density at radius 1 is 1.40 bits per heavy atom. The van der Waals surface area contributed by atoms with Crippen LogP contribution in [0.3, 0.4) is 0 Å². The van der Waals surface area contributed by atoms with Crippen LogP contribution in [0, 0.1) is 6.92 Å². The molecule has 0 saturated carbocycles. The summed E-state index contributed by atoms with van der Waals surface area (Å²) in [5.41, 5.74) is 7.45. The van der Waals surface area contributed by atoms with Gasteiger partial charge in [0.1, 0.15) is 9.84 Å². The summed E-state index contributed by atoms with van der Waals surface area (Å²) in [6.07, 6.45) is 1.25. The van der Waals surface area contributed by atoms with Gasteiger partial charge in [0, 0.05) is 22.6 Å². The monoisotopic (exact) mass is 245 g/mol. The van der Waals surface area contributed by atoms with Crippen LogP contribution >= 0.6 is 11.8 Å². The molecule has 0 unspecified atom stereocenters. The summed E-state index contributed by atoms with van der Waals surface area (Å²) in [6.45, 7) is 1.97. The summed E-state index contributed by atoms with van der Waals surface area (Å²) >= 11 is 1.55. The minimum atomic E-state index is -2.86. The van der Waals surface area contributed by atoms with Crippen LogP contribution < -0.4 is 5.73 Å². The van der Waals surface area contributed by atoms with Crippen molar-refractivity contribution in [1.29, 1.82) is 0 Å². The Morgan fingerprint density at radius 3 is 2.60 bits per heavy atom. The highest BCUT2D eigenvalue weighted by molar-refractivity contribution is 8.00. The maximum Gasteiger partial charge on any atom is 0.148 e. The van der Waals surface area contributed by atoms with Gasteiger partial charge < -0.3 is 5.73 Å². The zero-order chi connectivity index (χ0) is 11.5. The first-order valence-corrected chi connectivity index (χ1v) is 7.60. The van der Waals surface area contributed by atoms with Crippen molar-refractivity contribution in [1.82, 2.24) is 0 Å². The summed E-state index contributed by atoms with van der Waals surface area (Å²) in [5, 5.41) is 0. The van der Waals surface area contributed by atoms with Crippen molar-refractivity contribution in [3.63, 3.8) is 0 Å². The maximum atomic E-state index is 10.9. The van der Waals surface area contributed by atoms with E-state index in [1.807, 2.05) is 25.1 Å². The van der Waals surface area contributed by atoms with Crippen molar-refractivity contribution in [3.05, 3.63) is 23.8 Å². The van der Waals surface area contributed by atoms with E-state index in [4.69, 9.17) is 5.73 Å². The minimum Gasteiger partial charge on any atom is -0.399 e. The van der Waals surface area contributed by atoms with Crippen molar-refractivity contribution in [2.75, 3.05) is 23.5 Å². The minimum absolute atomic E-state index is 0.210. The average Bonchev–Trinajstić information content (AvgIpc) is 2.07. The molecule has 3 nitrogen and oxygen atoms in total. The molecule has 0 atom stereocenters. The molecule has 0 fully saturated rings. The van der Waals surface area contributed by atoms with Crippen LogP contribution in [0.25, 0.3) is 0 Å². The SMILES string of the molecule is Cc1cc(N)ccc1SCCS(C)(=O)=O. The number of nitrogen functional groups attached to an aromatic ring is 1. The second-order valence-electron chi connectivity index (χ2n) is 3.50. The fourth-order valence-corrected chi connectivity index (χ4v) is 3.35. The summed E-state index contributed by atoms with van der Waals surface area (Å²) in [7, 11) is -2.86. The molecule has 0 bridgehead atoms. The molecule has 0 spiro atoms. The van der Waals surface area contributed by atoms with E-state index >= 15 is 0 Å². The van der Waals surface area contributed by atoms with Gasteiger partial charge in [0.25, 0.3) is 0 Å². The van der Waals surface area contributed by atoms with Gasteiger partial charge in [0.2, 0.25) is 0 Å². The highest BCUT2D eigenvalue weighted by Crippen LogP contribution is 2.23. The number of rotatable bonds is 4. The molecule has 15 heavy (non-hydrogen) atoms. The first-order valence-electron chi connectivity index (χ1n) is 4.55. The quantitative estimate of drug-likeness (QED) is 0.648. The van der Waals surface area contributed by atoms with Gasteiger partial charge in [-0.3, -0.25) is 0 Å². The van der Waals surface area contributed by atoms with E-state index in [1.165, 1.54) is 6.26 Å². The molecule has 0 saturated heterocycles. The second kappa shape index (κ2) is 4.90. The Balaban J connectivity index is 2.59. The molecule has 0 aromatic heterocycles. The highest BCUT2D eigenvalue weighted by atomic mass is 32.2. The number of nitrogens with two attached hydrogens (primary N) is 1.